The van der Waals surface area contributed by atoms with Gasteiger partial charge in [0.1, 0.15) is 6.54 Å². The molecule has 7 nitrogen and oxygen atoms in total. The van der Waals surface area contributed by atoms with Gasteiger partial charge in [0.2, 0.25) is 0 Å². The Labute approximate surface area is 183 Å². The highest BCUT2D eigenvalue weighted by atomic mass is 16.5. The number of hydrogen-bond acceptors (Lipinski definition) is 4. The Hall–Kier alpha value is -2.18. The highest BCUT2D eigenvalue weighted by Gasteiger charge is 2.59. The maximum atomic E-state index is 12.8. The van der Waals surface area contributed by atoms with Crippen LogP contribution >= 0.6 is 0 Å². The van der Waals surface area contributed by atoms with E-state index in [1.54, 1.807) is 0 Å². The Morgan fingerprint density at radius 3 is 2.00 bits per heavy atom. The molecule has 0 radical (unpaired) electrons. The van der Waals surface area contributed by atoms with Gasteiger partial charge in [0.15, 0.2) is 6.54 Å². The first-order valence-electron chi connectivity index (χ1n) is 11.6. The standard InChI is InChI=1S/C24H34N2O5/c1-3-15-5-17-9-23(11-21(27)28,19(17)7-15)13-25-26(31)14-24(12-22(29)30)10-18-6-16(4-2)8-20(18)24/h7-8,17-20H,3-6,9-14H2,1-2H3,(H,27,28)(H,29,30)/t17-,18-,19-,20-,23-,24-/m1/s1. The molecule has 2 N–H and O–H groups in total. The van der Waals surface area contributed by atoms with E-state index in [-0.39, 0.29) is 37.8 Å². The summed E-state index contributed by atoms with van der Waals surface area (Å²) < 4.78 is 0. The van der Waals surface area contributed by atoms with Gasteiger partial charge in [-0.05, 0) is 67.3 Å². The first kappa shape index (κ1) is 22.0. The average molecular weight is 431 g/mol. The minimum absolute atomic E-state index is 0.0204. The fourth-order valence-corrected chi connectivity index (χ4v) is 7.09. The fourth-order valence-electron chi connectivity index (χ4n) is 7.09. The molecule has 4 aliphatic carbocycles. The van der Waals surface area contributed by atoms with Crippen LogP contribution in [0.25, 0.3) is 0 Å². The van der Waals surface area contributed by atoms with Crippen LogP contribution in [0.4, 0.5) is 0 Å². The topological polar surface area (TPSA) is 113 Å². The van der Waals surface area contributed by atoms with Crippen LogP contribution < -0.4 is 0 Å². The molecule has 2 saturated carbocycles. The molecule has 0 aromatic heterocycles. The van der Waals surface area contributed by atoms with Gasteiger partial charge >= 0.3 is 11.9 Å². The van der Waals surface area contributed by atoms with Crippen molar-refractivity contribution in [2.75, 3.05) is 13.1 Å². The van der Waals surface area contributed by atoms with Crippen molar-refractivity contribution < 1.29 is 24.7 Å². The number of aliphatic carboxylic acids is 2. The highest BCUT2D eigenvalue weighted by Crippen LogP contribution is 2.61. The number of carbonyl (C=O) groups is 2. The number of hydrogen-bond donors (Lipinski definition) is 2. The Balaban J connectivity index is 1.49. The van der Waals surface area contributed by atoms with Crippen LogP contribution in [0.3, 0.4) is 0 Å². The third-order valence-corrected chi connectivity index (χ3v) is 8.55. The smallest absolute Gasteiger partial charge is 0.304 e. The van der Waals surface area contributed by atoms with Crippen LogP contribution in [0.2, 0.25) is 0 Å². The number of carboxylic acids is 2. The highest BCUT2D eigenvalue weighted by molar-refractivity contribution is 5.68. The van der Waals surface area contributed by atoms with Crippen LogP contribution in [0.1, 0.15) is 65.2 Å². The van der Waals surface area contributed by atoms with Crippen LogP contribution in [-0.4, -0.2) is 40.1 Å². The zero-order chi connectivity index (χ0) is 22.4. The molecule has 0 heterocycles. The van der Waals surface area contributed by atoms with E-state index < -0.39 is 22.8 Å². The molecular weight excluding hydrogens is 396 g/mol. The summed E-state index contributed by atoms with van der Waals surface area (Å²) in [5, 5.41) is 36.1. The number of fused-ring (bicyclic) bond motifs is 2. The van der Waals surface area contributed by atoms with Gasteiger partial charge in [-0.3, -0.25) is 9.59 Å². The number of carboxylic acid groups (broad SMARTS) is 2. The molecule has 31 heavy (non-hydrogen) atoms. The molecule has 170 valence electrons. The molecule has 0 aliphatic heterocycles. The number of hydroxylamine groups is 1. The molecule has 2 fully saturated rings. The van der Waals surface area contributed by atoms with Crippen LogP contribution in [0.5, 0.6) is 0 Å². The van der Waals surface area contributed by atoms with E-state index in [0.717, 1.165) is 38.5 Å². The summed E-state index contributed by atoms with van der Waals surface area (Å²) >= 11 is 0. The monoisotopic (exact) mass is 430 g/mol. The van der Waals surface area contributed by atoms with Crippen molar-refractivity contribution in [3.8, 4) is 0 Å². The van der Waals surface area contributed by atoms with Gasteiger partial charge in [-0.1, -0.05) is 42.0 Å². The second-order valence-corrected chi connectivity index (χ2v) is 10.4. The van der Waals surface area contributed by atoms with E-state index >= 15 is 0 Å². The molecule has 0 bridgehead atoms. The number of nitrogens with zero attached hydrogens (tertiary/aromatic N) is 2. The molecule has 4 aliphatic rings. The maximum Gasteiger partial charge on any atom is 0.304 e. The van der Waals surface area contributed by atoms with Crippen molar-refractivity contribution >= 4 is 11.9 Å². The van der Waals surface area contributed by atoms with E-state index in [9.17, 15) is 25.0 Å². The number of allylic oxidation sites excluding steroid dienone is 4. The van der Waals surface area contributed by atoms with E-state index in [1.165, 1.54) is 11.1 Å². The molecule has 4 rings (SSSR count). The Morgan fingerprint density at radius 2 is 1.48 bits per heavy atom. The van der Waals surface area contributed by atoms with Crippen LogP contribution in [-0.2, 0) is 9.59 Å². The van der Waals surface area contributed by atoms with Crippen molar-refractivity contribution in [1.82, 2.24) is 0 Å². The lowest BCUT2D eigenvalue weighted by Gasteiger charge is -2.51. The number of azo groups is 1. The lowest BCUT2D eigenvalue weighted by molar-refractivity contribution is -0.553. The summed E-state index contributed by atoms with van der Waals surface area (Å²) in [6, 6.07) is 0. The van der Waals surface area contributed by atoms with Gasteiger partial charge in [-0.25, -0.2) is 0 Å². The Morgan fingerprint density at radius 1 is 1.00 bits per heavy atom. The summed E-state index contributed by atoms with van der Waals surface area (Å²) in [4.78, 5) is 23.8. The summed E-state index contributed by atoms with van der Waals surface area (Å²) in [6.07, 6.45) is 9.93. The number of rotatable bonds is 10. The van der Waals surface area contributed by atoms with E-state index in [4.69, 9.17) is 0 Å². The lowest BCUT2D eigenvalue weighted by atomic mass is 9.53. The van der Waals surface area contributed by atoms with Gasteiger partial charge < -0.3 is 15.4 Å². The molecule has 0 aromatic rings. The van der Waals surface area contributed by atoms with Gasteiger partial charge in [0, 0.05) is 5.41 Å². The van der Waals surface area contributed by atoms with Crippen LogP contribution in [0, 0.1) is 39.7 Å². The van der Waals surface area contributed by atoms with Crippen molar-refractivity contribution in [2.45, 2.75) is 65.2 Å². The molecule has 0 saturated heterocycles. The second-order valence-electron chi connectivity index (χ2n) is 10.4. The predicted molar refractivity (Wildman–Crippen MR) is 114 cm³/mol. The van der Waals surface area contributed by atoms with Crippen molar-refractivity contribution in [3.05, 3.63) is 28.5 Å². The molecule has 6 atom stereocenters. The zero-order valence-electron chi connectivity index (χ0n) is 18.5. The fraction of sp³-hybridized carbons (Fsp3) is 0.750. The normalized spacial score (nSPS) is 38.5. The largest absolute Gasteiger partial charge is 0.600 e. The summed E-state index contributed by atoms with van der Waals surface area (Å²) in [5.41, 5.74) is 1.68. The zero-order valence-corrected chi connectivity index (χ0v) is 18.5. The Bertz CT molecular complexity index is 862. The van der Waals surface area contributed by atoms with Gasteiger partial charge in [0.05, 0.1) is 18.3 Å². The summed E-state index contributed by atoms with van der Waals surface area (Å²) in [7, 11) is 0. The first-order valence-corrected chi connectivity index (χ1v) is 11.6. The van der Waals surface area contributed by atoms with Crippen molar-refractivity contribution in [1.29, 1.82) is 0 Å². The minimum Gasteiger partial charge on any atom is -0.600 e. The SMILES string of the molecule is CCC1=C[C@@H]2[C@H](C1)C[C@]2(CN=[N+]([O-])C[C@]1(CC(=O)O)C[C@H]2CC(CC)=C[C@H]21)CC(=O)O. The van der Waals surface area contributed by atoms with Crippen molar-refractivity contribution in [3.63, 3.8) is 0 Å². The minimum atomic E-state index is -0.877. The molecule has 0 unspecified atom stereocenters. The quantitative estimate of drug-likeness (QED) is 0.227. The average Bonchev–Trinajstić information content (AvgIpc) is 3.22. The predicted octanol–water partition coefficient (Wildman–Crippen LogP) is 4.62. The van der Waals surface area contributed by atoms with E-state index in [1.807, 2.05) is 0 Å². The lowest BCUT2D eigenvalue weighted by Crippen LogP contribution is -2.51. The van der Waals surface area contributed by atoms with Crippen molar-refractivity contribution in [2.24, 2.45) is 39.6 Å². The molecule has 0 spiro atoms. The second kappa shape index (κ2) is 8.06. The summed E-state index contributed by atoms with van der Waals surface area (Å²) in [5.74, 6) is -0.483. The van der Waals surface area contributed by atoms with Gasteiger partial charge in [-0.2, -0.15) is 0 Å². The van der Waals surface area contributed by atoms with E-state index in [0.29, 0.717) is 16.7 Å². The van der Waals surface area contributed by atoms with Gasteiger partial charge in [0.25, 0.3) is 0 Å². The molecule has 7 heteroatoms. The molecule has 0 amide bonds. The molecular formula is C24H34N2O5. The Kier molecular flexibility index (Phi) is 5.73. The van der Waals surface area contributed by atoms with E-state index in [2.05, 4.69) is 31.1 Å². The van der Waals surface area contributed by atoms with Gasteiger partial charge in [-0.15, -0.1) is 0 Å². The maximum absolute atomic E-state index is 12.8. The third-order valence-electron chi connectivity index (χ3n) is 8.55. The first-order chi connectivity index (χ1) is 14.7. The third kappa shape index (κ3) is 3.92. The van der Waals surface area contributed by atoms with Crippen LogP contribution in [0.15, 0.2) is 28.4 Å². The molecule has 0 aromatic carbocycles. The summed E-state index contributed by atoms with van der Waals surface area (Å²) in [6.45, 7) is 4.50.